The summed E-state index contributed by atoms with van der Waals surface area (Å²) in [6, 6.07) is 0. The van der Waals surface area contributed by atoms with E-state index in [1.54, 1.807) is 0 Å². The lowest BCUT2D eigenvalue weighted by Crippen LogP contribution is -2.30. The highest BCUT2D eigenvalue weighted by molar-refractivity contribution is 7.47. The Bertz CT molecular complexity index is 1690. The number of carbonyl (C=O) groups excluding carboxylic acids is 4. The first-order chi connectivity index (χ1) is 39.6. The van der Waals surface area contributed by atoms with Gasteiger partial charge in [-0.2, -0.15) is 0 Å². The topological polar surface area (TPSA) is 237 Å². The van der Waals surface area contributed by atoms with Gasteiger partial charge < -0.3 is 33.8 Å². The number of aliphatic hydroxyl groups is 1. The number of aliphatic hydroxyl groups excluding tert-OH is 1. The molecule has 0 heterocycles. The number of esters is 4. The van der Waals surface area contributed by atoms with Gasteiger partial charge in [0.1, 0.15) is 19.3 Å². The van der Waals surface area contributed by atoms with E-state index in [0.29, 0.717) is 25.7 Å². The molecular weight excluding hydrogens is 1090 g/mol. The fourth-order valence-corrected chi connectivity index (χ4v) is 10.4. The smallest absolute Gasteiger partial charge is 0.462 e. The summed E-state index contributed by atoms with van der Waals surface area (Å²) in [5, 5.41) is 10.5. The van der Waals surface area contributed by atoms with Gasteiger partial charge in [-0.25, -0.2) is 9.13 Å². The Labute approximate surface area is 497 Å². The summed E-state index contributed by atoms with van der Waals surface area (Å²) in [7, 11) is -9.89. The molecule has 0 saturated heterocycles. The SMILES string of the molecule is CCCCCC/C=C\C=C/CCCCCCCC(=O)O[C@H](COC(=O)CCCCCCCCCCC(C)CC)COP(=O)(O)OC[C@@H](O)COP(=O)(O)OC[C@@H](COC(=O)CCCCCCCCC)OC(=O)CCCCCCCCCC. The van der Waals surface area contributed by atoms with Crippen molar-refractivity contribution in [2.24, 2.45) is 5.92 Å². The number of hydrogen-bond donors (Lipinski definition) is 3. The maximum Gasteiger partial charge on any atom is 0.472 e. The van der Waals surface area contributed by atoms with Gasteiger partial charge in [0.05, 0.1) is 26.4 Å². The van der Waals surface area contributed by atoms with E-state index >= 15 is 0 Å². The van der Waals surface area contributed by atoms with E-state index in [1.807, 2.05) is 0 Å². The van der Waals surface area contributed by atoms with E-state index in [0.717, 1.165) is 128 Å². The zero-order valence-electron chi connectivity index (χ0n) is 52.1. The van der Waals surface area contributed by atoms with Gasteiger partial charge in [-0.3, -0.25) is 37.3 Å². The van der Waals surface area contributed by atoms with Crippen LogP contribution in [0.4, 0.5) is 0 Å². The molecule has 0 aliphatic heterocycles. The van der Waals surface area contributed by atoms with Gasteiger partial charge in [0.15, 0.2) is 12.2 Å². The molecule has 0 aromatic heterocycles. The van der Waals surface area contributed by atoms with Crippen LogP contribution in [0.1, 0.15) is 291 Å². The molecule has 0 spiro atoms. The minimum Gasteiger partial charge on any atom is -0.462 e. The van der Waals surface area contributed by atoms with Crippen LogP contribution in [0.5, 0.6) is 0 Å². The quantitative estimate of drug-likeness (QED) is 0.0169. The minimum atomic E-state index is -4.95. The van der Waals surface area contributed by atoms with E-state index < -0.39 is 97.5 Å². The van der Waals surface area contributed by atoms with Crippen LogP contribution in [0.15, 0.2) is 24.3 Å². The number of phosphoric ester groups is 2. The molecule has 0 amide bonds. The van der Waals surface area contributed by atoms with Crippen LogP contribution in [0.25, 0.3) is 0 Å². The van der Waals surface area contributed by atoms with Gasteiger partial charge in [0, 0.05) is 25.7 Å². The molecule has 17 nitrogen and oxygen atoms in total. The van der Waals surface area contributed by atoms with E-state index in [4.69, 9.17) is 37.0 Å². The Morgan fingerprint density at radius 1 is 0.390 bits per heavy atom. The van der Waals surface area contributed by atoms with Gasteiger partial charge in [0.2, 0.25) is 0 Å². The summed E-state index contributed by atoms with van der Waals surface area (Å²) in [6.45, 7) is 7.05. The van der Waals surface area contributed by atoms with Crippen LogP contribution < -0.4 is 0 Å². The second-order valence-corrected chi connectivity index (χ2v) is 25.3. The highest BCUT2D eigenvalue weighted by Gasteiger charge is 2.30. The molecule has 6 atom stereocenters. The van der Waals surface area contributed by atoms with Crippen molar-refractivity contribution in [3.8, 4) is 0 Å². The van der Waals surface area contributed by atoms with Crippen LogP contribution in [-0.4, -0.2) is 96.7 Å². The number of allylic oxidation sites excluding steroid dienone is 4. The molecule has 0 fully saturated rings. The van der Waals surface area contributed by atoms with Crippen molar-refractivity contribution in [3.05, 3.63) is 24.3 Å². The van der Waals surface area contributed by atoms with Crippen molar-refractivity contribution in [1.29, 1.82) is 0 Å². The lowest BCUT2D eigenvalue weighted by molar-refractivity contribution is -0.161. The summed E-state index contributed by atoms with van der Waals surface area (Å²) in [5.74, 6) is -1.40. The Hall–Kier alpha value is -2.46. The summed E-state index contributed by atoms with van der Waals surface area (Å²) < 4.78 is 67.7. The molecule has 0 aliphatic carbocycles. The van der Waals surface area contributed by atoms with Crippen LogP contribution >= 0.6 is 15.6 Å². The standard InChI is InChI=1S/C63H118O17P2/c1-6-10-13-16-19-21-22-23-24-25-26-27-34-39-44-49-63(68)80-59(53-74-61(66)47-42-37-33-29-28-31-35-40-45-56(5)9-4)55-78-82(71,72)76-51-57(64)50-75-81(69,70)77-54-58(52-73-60(65)46-41-36-30-18-15-12-8-3)79-62(67)48-43-38-32-20-17-14-11-7-2/h21-24,56-59,64H,6-20,25-55H2,1-5H3,(H,69,70)(H,71,72)/b22-21-,24-23-/t56?,57-,58+,59+/m0/s1. The average molecular weight is 1210 g/mol. The van der Waals surface area contributed by atoms with Crippen molar-refractivity contribution in [2.45, 2.75) is 310 Å². The second-order valence-electron chi connectivity index (χ2n) is 22.4. The minimum absolute atomic E-state index is 0.0845. The molecular formula is C63H118O17P2. The van der Waals surface area contributed by atoms with Crippen molar-refractivity contribution in [3.63, 3.8) is 0 Å². The van der Waals surface area contributed by atoms with Gasteiger partial charge in [-0.15, -0.1) is 0 Å². The first kappa shape index (κ1) is 79.5. The fraction of sp³-hybridized carbons (Fsp3) is 0.873. The number of ether oxygens (including phenoxy) is 4. The van der Waals surface area contributed by atoms with Crippen LogP contribution in [0.2, 0.25) is 0 Å². The van der Waals surface area contributed by atoms with Crippen LogP contribution in [-0.2, 0) is 65.4 Å². The third kappa shape index (κ3) is 55.4. The third-order valence-electron chi connectivity index (χ3n) is 14.3. The van der Waals surface area contributed by atoms with Gasteiger partial charge in [-0.05, 0) is 57.3 Å². The monoisotopic (exact) mass is 1210 g/mol. The van der Waals surface area contributed by atoms with Gasteiger partial charge in [0.25, 0.3) is 0 Å². The fourth-order valence-electron chi connectivity index (χ4n) is 8.83. The predicted octanol–water partition coefficient (Wildman–Crippen LogP) is 17.0. The molecule has 0 aromatic carbocycles. The molecule has 82 heavy (non-hydrogen) atoms. The zero-order chi connectivity index (χ0) is 60.6. The summed E-state index contributed by atoms with van der Waals surface area (Å²) >= 11 is 0. The van der Waals surface area contributed by atoms with Crippen molar-refractivity contribution in [2.75, 3.05) is 39.6 Å². The third-order valence-corrected chi connectivity index (χ3v) is 16.2. The largest absolute Gasteiger partial charge is 0.472 e. The molecule has 0 aliphatic rings. The van der Waals surface area contributed by atoms with Crippen molar-refractivity contribution < 1.29 is 80.2 Å². The lowest BCUT2D eigenvalue weighted by atomic mass is 9.99. The number of hydrogen-bond acceptors (Lipinski definition) is 15. The highest BCUT2D eigenvalue weighted by atomic mass is 31.2. The molecule has 0 bridgehead atoms. The molecule has 3 unspecified atom stereocenters. The Morgan fingerprint density at radius 3 is 1.04 bits per heavy atom. The Balaban J connectivity index is 5.25. The lowest BCUT2D eigenvalue weighted by Gasteiger charge is -2.21. The van der Waals surface area contributed by atoms with Crippen LogP contribution in [0, 0.1) is 5.92 Å². The van der Waals surface area contributed by atoms with E-state index in [2.05, 4.69) is 58.9 Å². The maximum atomic E-state index is 13.0. The Morgan fingerprint density at radius 2 is 0.683 bits per heavy atom. The highest BCUT2D eigenvalue weighted by Crippen LogP contribution is 2.45. The predicted molar refractivity (Wildman–Crippen MR) is 326 cm³/mol. The second kappa shape index (κ2) is 56.4. The number of phosphoric acid groups is 2. The number of carbonyl (C=O) groups is 4. The summed E-state index contributed by atoms with van der Waals surface area (Å²) in [5.41, 5.74) is 0. The zero-order valence-corrected chi connectivity index (χ0v) is 53.9. The van der Waals surface area contributed by atoms with Crippen LogP contribution in [0.3, 0.4) is 0 Å². The first-order valence-electron chi connectivity index (χ1n) is 32.5. The molecule has 19 heteroatoms. The number of unbranched alkanes of at least 4 members (excludes halogenated alkanes) is 29. The van der Waals surface area contributed by atoms with Crippen molar-refractivity contribution in [1.82, 2.24) is 0 Å². The Kier molecular flexibility index (Phi) is 54.7. The number of rotatable bonds is 61. The molecule has 0 saturated carbocycles. The van der Waals surface area contributed by atoms with Gasteiger partial charge in [-0.1, -0.05) is 239 Å². The maximum absolute atomic E-state index is 13.0. The first-order valence-corrected chi connectivity index (χ1v) is 35.5. The summed E-state index contributed by atoms with van der Waals surface area (Å²) in [6.07, 6.45) is 42.6. The van der Waals surface area contributed by atoms with E-state index in [-0.39, 0.29) is 25.7 Å². The van der Waals surface area contributed by atoms with Crippen molar-refractivity contribution >= 4 is 39.5 Å². The molecule has 3 N–H and O–H groups in total. The van der Waals surface area contributed by atoms with E-state index in [9.17, 15) is 43.2 Å². The molecule has 0 aromatic rings. The normalized spacial score (nSPS) is 14.8. The van der Waals surface area contributed by atoms with Gasteiger partial charge >= 0.3 is 39.5 Å². The molecule has 0 radical (unpaired) electrons. The average Bonchev–Trinajstić information content (AvgIpc) is 3.45. The molecule has 482 valence electrons. The summed E-state index contributed by atoms with van der Waals surface area (Å²) in [4.78, 5) is 72.0. The molecule has 0 rings (SSSR count). The van der Waals surface area contributed by atoms with E-state index in [1.165, 1.54) is 83.5 Å².